The minimum absolute atomic E-state index is 0.0958. The minimum Gasteiger partial charge on any atom is -0.379 e. The molecule has 1 aromatic carbocycles. The number of rotatable bonds is 6. The first kappa shape index (κ1) is 19.5. The van der Waals surface area contributed by atoms with E-state index in [0.29, 0.717) is 5.02 Å². The molecule has 0 spiro atoms. The van der Waals surface area contributed by atoms with Gasteiger partial charge in [0.25, 0.3) is 0 Å². The number of halogens is 1. The maximum absolute atomic E-state index is 12.5. The molecule has 28 heavy (non-hydrogen) atoms. The molecule has 2 aromatic rings. The number of hydrogen-bond acceptors (Lipinski definition) is 5. The molecule has 0 radical (unpaired) electrons. The zero-order valence-corrected chi connectivity index (χ0v) is 16.9. The third kappa shape index (κ3) is 4.77. The first-order chi connectivity index (χ1) is 13.7. The van der Waals surface area contributed by atoms with Crippen molar-refractivity contribution in [3.8, 4) is 0 Å². The van der Waals surface area contributed by atoms with Crippen LogP contribution >= 0.6 is 11.6 Å². The van der Waals surface area contributed by atoms with E-state index in [1.54, 1.807) is 0 Å². The summed E-state index contributed by atoms with van der Waals surface area (Å²) in [5.41, 5.74) is 1.86. The Morgan fingerprint density at radius 2 is 2.04 bits per heavy atom. The number of anilines is 1. The molecule has 4 rings (SSSR count). The van der Waals surface area contributed by atoms with Gasteiger partial charge in [-0.05, 0) is 44.0 Å². The van der Waals surface area contributed by atoms with Crippen LogP contribution < -0.4 is 10.2 Å². The van der Waals surface area contributed by atoms with Gasteiger partial charge in [-0.15, -0.1) is 0 Å². The van der Waals surface area contributed by atoms with Crippen molar-refractivity contribution in [1.29, 1.82) is 0 Å². The van der Waals surface area contributed by atoms with Gasteiger partial charge in [0.1, 0.15) is 0 Å². The molecule has 2 N–H and O–H groups in total. The van der Waals surface area contributed by atoms with E-state index in [0.717, 1.165) is 88.7 Å². The maximum Gasteiger partial charge on any atom is 0.223 e. The van der Waals surface area contributed by atoms with Crippen LogP contribution in [0, 0.1) is 5.92 Å². The topological polar surface area (TPSA) is 73.5 Å². The number of morpholine rings is 1. The fraction of sp³-hybridized carbons (Fsp3) is 0.600. The van der Waals surface area contributed by atoms with E-state index in [1.807, 2.05) is 18.2 Å². The number of piperidine rings is 1. The number of benzene rings is 1. The molecule has 7 nitrogen and oxygen atoms in total. The Morgan fingerprint density at radius 3 is 2.82 bits per heavy atom. The molecule has 0 atom stereocenters. The van der Waals surface area contributed by atoms with E-state index in [2.05, 4.69) is 25.1 Å². The number of aromatic amines is 1. The summed E-state index contributed by atoms with van der Waals surface area (Å²) in [5.74, 6) is 1.15. The molecular formula is C20H28ClN5O2. The fourth-order valence-electron chi connectivity index (χ4n) is 3.95. The average molecular weight is 406 g/mol. The van der Waals surface area contributed by atoms with Crippen molar-refractivity contribution in [2.24, 2.45) is 5.92 Å². The van der Waals surface area contributed by atoms with E-state index in [4.69, 9.17) is 16.3 Å². The summed E-state index contributed by atoms with van der Waals surface area (Å²) in [7, 11) is 0. The summed E-state index contributed by atoms with van der Waals surface area (Å²) in [6.45, 7) is 7.09. The van der Waals surface area contributed by atoms with Gasteiger partial charge in [-0.2, -0.15) is 0 Å². The van der Waals surface area contributed by atoms with Crippen LogP contribution in [0.1, 0.15) is 19.3 Å². The Morgan fingerprint density at radius 1 is 1.25 bits per heavy atom. The fourth-order valence-corrected chi connectivity index (χ4v) is 4.13. The van der Waals surface area contributed by atoms with Crippen molar-refractivity contribution in [2.45, 2.75) is 19.3 Å². The van der Waals surface area contributed by atoms with Gasteiger partial charge in [0.05, 0.1) is 24.2 Å². The van der Waals surface area contributed by atoms with Gasteiger partial charge in [0.2, 0.25) is 11.9 Å². The largest absolute Gasteiger partial charge is 0.379 e. The summed E-state index contributed by atoms with van der Waals surface area (Å²) in [6.07, 6.45) is 2.70. The lowest BCUT2D eigenvalue weighted by molar-refractivity contribution is -0.125. The lowest BCUT2D eigenvalue weighted by atomic mass is 9.96. The van der Waals surface area contributed by atoms with Crippen LogP contribution in [-0.2, 0) is 9.53 Å². The van der Waals surface area contributed by atoms with E-state index in [-0.39, 0.29) is 11.8 Å². The average Bonchev–Trinajstić information content (AvgIpc) is 3.15. The van der Waals surface area contributed by atoms with Gasteiger partial charge >= 0.3 is 0 Å². The van der Waals surface area contributed by atoms with Gasteiger partial charge in [-0.25, -0.2) is 4.98 Å². The van der Waals surface area contributed by atoms with Gasteiger partial charge in [-0.1, -0.05) is 11.6 Å². The molecule has 2 aliphatic heterocycles. The Hall–Kier alpha value is -1.83. The number of nitrogens with zero attached hydrogens (tertiary/aromatic N) is 3. The van der Waals surface area contributed by atoms with E-state index >= 15 is 0 Å². The molecule has 0 aliphatic carbocycles. The van der Waals surface area contributed by atoms with Crippen LogP contribution in [0.5, 0.6) is 0 Å². The number of carbonyl (C=O) groups is 1. The number of nitrogens with one attached hydrogen (secondary N) is 2. The van der Waals surface area contributed by atoms with Crippen molar-refractivity contribution in [1.82, 2.24) is 20.2 Å². The molecule has 152 valence electrons. The number of hydrogen-bond donors (Lipinski definition) is 2. The third-order valence-corrected chi connectivity index (χ3v) is 5.89. The molecule has 1 aromatic heterocycles. The number of carbonyl (C=O) groups excluding carboxylic acids is 1. The molecular weight excluding hydrogens is 378 g/mol. The first-order valence-corrected chi connectivity index (χ1v) is 10.5. The van der Waals surface area contributed by atoms with E-state index < -0.39 is 0 Å². The smallest absolute Gasteiger partial charge is 0.223 e. The molecule has 2 fully saturated rings. The number of imidazole rings is 1. The zero-order valence-electron chi connectivity index (χ0n) is 16.1. The second kappa shape index (κ2) is 9.11. The zero-order chi connectivity index (χ0) is 19.3. The lowest BCUT2D eigenvalue weighted by Crippen LogP contribution is -2.42. The molecule has 1 amide bonds. The summed E-state index contributed by atoms with van der Waals surface area (Å²) in [5, 5.41) is 3.82. The van der Waals surface area contributed by atoms with Crippen molar-refractivity contribution < 1.29 is 9.53 Å². The predicted molar refractivity (Wildman–Crippen MR) is 111 cm³/mol. The Kier molecular flexibility index (Phi) is 6.34. The third-order valence-electron chi connectivity index (χ3n) is 5.65. The normalized spacial score (nSPS) is 19.2. The molecule has 2 saturated heterocycles. The van der Waals surface area contributed by atoms with Gasteiger partial charge < -0.3 is 19.9 Å². The molecule has 2 aliphatic rings. The Bertz CT molecular complexity index is 797. The predicted octanol–water partition coefficient (Wildman–Crippen LogP) is 2.27. The highest BCUT2D eigenvalue weighted by Crippen LogP contribution is 2.25. The number of amides is 1. The summed E-state index contributed by atoms with van der Waals surface area (Å²) in [6, 6.07) is 5.67. The van der Waals surface area contributed by atoms with Crippen LogP contribution in [0.15, 0.2) is 18.2 Å². The number of H-pyrrole nitrogens is 1. The Labute approximate surface area is 170 Å². The second-order valence-electron chi connectivity index (χ2n) is 7.58. The van der Waals surface area contributed by atoms with Crippen molar-refractivity contribution in [3.63, 3.8) is 0 Å². The first-order valence-electron chi connectivity index (χ1n) is 10.2. The molecule has 3 heterocycles. The van der Waals surface area contributed by atoms with E-state index in [9.17, 15) is 4.79 Å². The summed E-state index contributed by atoms with van der Waals surface area (Å²) >= 11 is 6.05. The molecule has 8 heteroatoms. The lowest BCUT2D eigenvalue weighted by Gasteiger charge is -2.31. The highest BCUT2D eigenvalue weighted by atomic mass is 35.5. The Balaban J connectivity index is 1.20. The van der Waals surface area contributed by atoms with Gasteiger partial charge in [-0.3, -0.25) is 9.69 Å². The van der Waals surface area contributed by atoms with Gasteiger partial charge in [0.15, 0.2) is 0 Å². The maximum atomic E-state index is 12.5. The van der Waals surface area contributed by atoms with Gasteiger partial charge in [0, 0.05) is 43.7 Å². The number of fused-ring (bicyclic) bond motifs is 1. The van der Waals surface area contributed by atoms with Crippen LogP contribution in [-0.4, -0.2) is 73.3 Å². The quantitative estimate of drug-likeness (QED) is 0.721. The minimum atomic E-state index is 0.0958. The van der Waals surface area contributed by atoms with Crippen LogP contribution in [0.4, 0.5) is 5.95 Å². The summed E-state index contributed by atoms with van der Waals surface area (Å²) in [4.78, 5) is 25.1. The van der Waals surface area contributed by atoms with E-state index in [1.165, 1.54) is 0 Å². The molecule has 0 bridgehead atoms. The molecule has 0 saturated carbocycles. The number of aromatic nitrogens is 2. The standard InChI is InChI=1S/C20H28ClN5O2/c21-16-2-3-17-18(14-16)24-20(23-17)26-8-4-15(5-9-26)19(27)22-6-1-7-25-10-12-28-13-11-25/h2-3,14-15H,1,4-13H2,(H,22,27)(H,23,24). The summed E-state index contributed by atoms with van der Waals surface area (Å²) < 4.78 is 5.36. The van der Waals surface area contributed by atoms with Crippen LogP contribution in [0.2, 0.25) is 5.02 Å². The molecule has 0 unspecified atom stereocenters. The van der Waals surface area contributed by atoms with Crippen molar-refractivity contribution >= 4 is 34.5 Å². The highest BCUT2D eigenvalue weighted by Gasteiger charge is 2.26. The number of ether oxygens (including phenoxy) is 1. The van der Waals surface area contributed by atoms with Crippen molar-refractivity contribution in [2.75, 3.05) is 57.4 Å². The van der Waals surface area contributed by atoms with Crippen molar-refractivity contribution in [3.05, 3.63) is 23.2 Å². The monoisotopic (exact) mass is 405 g/mol. The highest BCUT2D eigenvalue weighted by molar-refractivity contribution is 6.31. The SMILES string of the molecule is O=C(NCCCN1CCOCC1)C1CCN(c2nc3ccc(Cl)cc3[nH]2)CC1. The second-order valence-corrected chi connectivity index (χ2v) is 8.02. The van der Waals surface area contributed by atoms with Crippen LogP contribution in [0.25, 0.3) is 11.0 Å². The van der Waals surface area contributed by atoms with Crippen LogP contribution in [0.3, 0.4) is 0 Å².